The smallest absolute Gasteiger partial charge is 0.255 e. The molecule has 3 rings (SSSR count). The molecular formula is C23H27F3N2O4. The second-order valence-electron chi connectivity index (χ2n) is 7.30. The van der Waals surface area contributed by atoms with Crippen molar-refractivity contribution in [3.63, 3.8) is 0 Å². The number of rotatable bonds is 4. The maximum atomic E-state index is 13.5. The number of aliphatic hydroxyl groups excluding tert-OH is 1. The first-order valence-electron chi connectivity index (χ1n) is 9.83. The summed E-state index contributed by atoms with van der Waals surface area (Å²) in [5.74, 6) is -2.24. The zero-order chi connectivity index (χ0) is 24.3. The van der Waals surface area contributed by atoms with Crippen LogP contribution in [0.5, 0.6) is 0 Å². The zero-order valence-electron chi connectivity index (χ0n) is 17.8. The van der Waals surface area contributed by atoms with E-state index >= 15 is 0 Å². The molecule has 2 aromatic carbocycles. The van der Waals surface area contributed by atoms with E-state index in [0.29, 0.717) is 36.7 Å². The lowest BCUT2D eigenvalue weighted by molar-refractivity contribution is -0.0987. The monoisotopic (exact) mass is 452 g/mol. The Hall–Kier alpha value is -3.20. The summed E-state index contributed by atoms with van der Waals surface area (Å²) >= 11 is 0. The molecule has 1 aliphatic rings. The number of benzene rings is 2. The molecule has 1 amide bonds. The number of halogens is 3. The van der Waals surface area contributed by atoms with Gasteiger partial charge in [-0.25, -0.2) is 13.2 Å². The van der Waals surface area contributed by atoms with Crippen LogP contribution in [0, 0.1) is 17.6 Å². The topological polar surface area (TPSA) is 86.7 Å². The van der Waals surface area contributed by atoms with Gasteiger partial charge in [0.05, 0.1) is 6.10 Å². The average Bonchev–Trinajstić information content (AvgIpc) is 2.98. The van der Waals surface area contributed by atoms with Crippen molar-refractivity contribution in [2.75, 3.05) is 23.3 Å². The van der Waals surface area contributed by atoms with Gasteiger partial charge in [-0.05, 0) is 43.0 Å². The molecule has 2 N–H and O–H groups in total. The molecule has 0 aliphatic carbocycles. The average molecular weight is 452 g/mol. The van der Waals surface area contributed by atoms with Gasteiger partial charge in [-0.15, -0.1) is 0 Å². The molecule has 32 heavy (non-hydrogen) atoms. The first-order chi connectivity index (χ1) is 15.4. The molecule has 1 saturated heterocycles. The third-order valence-corrected chi connectivity index (χ3v) is 4.97. The SMILES string of the molecule is C=O.C=O.CC1CCC(O)CN(c2cc(C(=O)Nc3ccc(F)c(F)c3)ccc2CF)C1. The molecule has 0 aromatic heterocycles. The molecule has 2 aromatic rings. The Bertz CT molecular complexity index is 884. The highest BCUT2D eigenvalue weighted by atomic mass is 19.2. The molecule has 0 spiro atoms. The number of aliphatic hydroxyl groups is 1. The quantitative estimate of drug-likeness (QED) is 0.735. The van der Waals surface area contributed by atoms with Gasteiger partial charge in [0, 0.05) is 41.7 Å². The maximum absolute atomic E-state index is 13.5. The summed E-state index contributed by atoms with van der Waals surface area (Å²) in [7, 11) is 0. The fraction of sp³-hybridized carbons (Fsp3) is 0.348. The van der Waals surface area contributed by atoms with Crippen molar-refractivity contribution in [3.05, 3.63) is 59.2 Å². The van der Waals surface area contributed by atoms with Crippen LogP contribution < -0.4 is 10.2 Å². The number of hydrogen-bond acceptors (Lipinski definition) is 5. The van der Waals surface area contributed by atoms with Crippen LogP contribution in [0.3, 0.4) is 0 Å². The van der Waals surface area contributed by atoms with E-state index in [0.717, 1.165) is 18.6 Å². The normalized spacial score (nSPS) is 17.7. The predicted octanol–water partition coefficient (Wildman–Crippen LogP) is 3.91. The van der Waals surface area contributed by atoms with E-state index in [9.17, 15) is 23.1 Å². The van der Waals surface area contributed by atoms with Crippen molar-refractivity contribution in [1.82, 2.24) is 0 Å². The van der Waals surface area contributed by atoms with Crippen molar-refractivity contribution in [1.29, 1.82) is 0 Å². The number of anilines is 2. The lowest BCUT2D eigenvalue weighted by Gasteiger charge is -2.28. The highest BCUT2D eigenvalue weighted by molar-refractivity contribution is 6.05. The number of alkyl halides is 1. The highest BCUT2D eigenvalue weighted by Gasteiger charge is 2.23. The van der Waals surface area contributed by atoms with Crippen LogP contribution in [-0.4, -0.2) is 43.8 Å². The molecule has 1 aliphatic heterocycles. The summed E-state index contributed by atoms with van der Waals surface area (Å²) in [4.78, 5) is 30.5. The first-order valence-corrected chi connectivity index (χ1v) is 9.83. The molecule has 0 saturated carbocycles. The molecule has 2 unspecified atom stereocenters. The Morgan fingerprint density at radius 3 is 2.38 bits per heavy atom. The number of β-amino-alcohol motifs (C(OH)–C–C–N with tert-alkyl or cyclic N) is 1. The summed E-state index contributed by atoms with van der Waals surface area (Å²) in [5.41, 5.74) is 1.39. The minimum Gasteiger partial charge on any atom is -0.391 e. The van der Waals surface area contributed by atoms with Crippen LogP contribution in [0.1, 0.15) is 35.7 Å². The fourth-order valence-corrected chi connectivity index (χ4v) is 3.45. The second kappa shape index (κ2) is 13.3. The van der Waals surface area contributed by atoms with Crippen LogP contribution in [0.2, 0.25) is 0 Å². The number of carbonyl (C=O) groups excluding carboxylic acids is 3. The Labute approximate surface area is 185 Å². The third kappa shape index (κ3) is 7.19. The van der Waals surface area contributed by atoms with Gasteiger partial charge in [-0.3, -0.25) is 4.79 Å². The number of nitrogens with zero attached hydrogens (tertiary/aromatic N) is 1. The van der Waals surface area contributed by atoms with Gasteiger partial charge < -0.3 is 24.9 Å². The van der Waals surface area contributed by atoms with Gasteiger partial charge in [0.2, 0.25) is 0 Å². The molecule has 1 heterocycles. The minimum atomic E-state index is -1.06. The van der Waals surface area contributed by atoms with E-state index in [-0.39, 0.29) is 11.3 Å². The largest absolute Gasteiger partial charge is 0.391 e. The zero-order valence-corrected chi connectivity index (χ0v) is 17.8. The van der Waals surface area contributed by atoms with Gasteiger partial charge in [0.1, 0.15) is 20.3 Å². The standard InChI is InChI=1S/C21H23F3N2O2.2CH2O/c1-13-2-6-17(27)12-26(11-13)20-8-14(3-4-15(20)10-22)21(28)25-16-5-7-18(23)19(24)9-16;2*1-2/h3-5,7-9,13,17,27H,2,6,10-12H2,1H3,(H,25,28);2*1H2. The van der Waals surface area contributed by atoms with Crippen molar-refractivity contribution < 1.29 is 32.7 Å². The van der Waals surface area contributed by atoms with Crippen molar-refractivity contribution >= 4 is 30.9 Å². The lowest BCUT2D eigenvalue weighted by atomic mass is 10.0. The highest BCUT2D eigenvalue weighted by Crippen LogP contribution is 2.28. The van der Waals surface area contributed by atoms with Crippen molar-refractivity contribution in [2.24, 2.45) is 5.92 Å². The summed E-state index contributed by atoms with van der Waals surface area (Å²) < 4.78 is 39.9. The number of hydrogen-bond donors (Lipinski definition) is 2. The number of nitrogens with one attached hydrogen (secondary N) is 1. The third-order valence-electron chi connectivity index (χ3n) is 4.97. The molecule has 6 nitrogen and oxygen atoms in total. The van der Waals surface area contributed by atoms with Gasteiger partial charge in [-0.2, -0.15) is 0 Å². The minimum absolute atomic E-state index is 0.124. The second-order valence-corrected chi connectivity index (χ2v) is 7.30. The molecule has 2 atom stereocenters. The van der Waals surface area contributed by atoms with E-state index in [4.69, 9.17) is 9.59 Å². The van der Waals surface area contributed by atoms with Crippen LogP contribution in [0.25, 0.3) is 0 Å². The Kier molecular flexibility index (Phi) is 11.1. The molecular weight excluding hydrogens is 425 g/mol. The molecule has 9 heteroatoms. The first kappa shape index (κ1) is 26.8. The Balaban J connectivity index is 0.00000121. The van der Waals surface area contributed by atoms with E-state index in [1.807, 2.05) is 18.5 Å². The fourth-order valence-electron chi connectivity index (χ4n) is 3.45. The lowest BCUT2D eigenvalue weighted by Crippen LogP contribution is -2.33. The molecule has 0 radical (unpaired) electrons. The van der Waals surface area contributed by atoms with Gasteiger partial charge in [0.25, 0.3) is 5.91 Å². The van der Waals surface area contributed by atoms with Crippen LogP contribution in [0.15, 0.2) is 36.4 Å². The van der Waals surface area contributed by atoms with Crippen molar-refractivity contribution in [3.8, 4) is 0 Å². The molecule has 1 fully saturated rings. The van der Waals surface area contributed by atoms with E-state index in [1.165, 1.54) is 18.2 Å². The summed E-state index contributed by atoms with van der Waals surface area (Å²) in [6.45, 7) is 6.39. The van der Waals surface area contributed by atoms with Crippen LogP contribution >= 0.6 is 0 Å². The van der Waals surface area contributed by atoms with Gasteiger partial charge in [0.15, 0.2) is 11.6 Å². The summed E-state index contributed by atoms with van der Waals surface area (Å²) in [6, 6.07) is 7.71. The molecule has 174 valence electrons. The number of amides is 1. The van der Waals surface area contributed by atoms with Crippen LogP contribution in [-0.2, 0) is 16.3 Å². The summed E-state index contributed by atoms with van der Waals surface area (Å²) in [6.07, 6.45) is 1.04. The van der Waals surface area contributed by atoms with E-state index in [1.54, 1.807) is 6.07 Å². The molecule has 0 bridgehead atoms. The number of carbonyl (C=O) groups is 3. The van der Waals surface area contributed by atoms with Gasteiger partial charge >= 0.3 is 0 Å². The van der Waals surface area contributed by atoms with Crippen LogP contribution in [0.4, 0.5) is 24.5 Å². The summed E-state index contributed by atoms with van der Waals surface area (Å²) in [5, 5.41) is 12.7. The maximum Gasteiger partial charge on any atom is 0.255 e. The van der Waals surface area contributed by atoms with Crippen molar-refractivity contribution in [2.45, 2.75) is 32.5 Å². The van der Waals surface area contributed by atoms with Gasteiger partial charge in [-0.1, -0.05) is 13.0 Å². The van der Waals surface area contributed by atoms with E-state index in [2.05, 4.69) is 12.2 Å². The Morgan fingerprint density at radius 2 is 1.75 bits per heavy atom. The van der Waals surface area contributed by atoms with E-state index < -0.39 is 30.3 Å². The Morgan fingerprint density at radius 1 is 1.06 bits per heavy atom. The predicted molar refractivity (Wildman–Crippen MR) is 116 cm³/mol.